The molecule has 0 saturated heterocycles. The van der Waals surface area contributed by atoms with E-state index in [1.165, 1.54) is 217 Å². The van der Waals surface area contributed by atoms with Crippen molar-refractivity contribution < 1.29 is 4.74 Å². The lowest BCUT2D eigenvalue weighted by atomic mass is 9.78. The molecule has 2 unspecified atom stereocenters. The molecular formula is C58H98O. The second kappa shape index (κ2) is 35.5. The van der Waals surface area contributed by atoms with Crippen LogP contribution in [0.1, 0.15) is 257 Å². The summed E-state index contributed by atoms with van der Waals surface area (Å²) in [6, 6.07) is 22.1. The van der Waals surface area contributed by atoms with E-state index in [1.54, 1.807) is 0 Å². The average Bonchev–Trinajstić information content (AvgIpc) is 3.23. The van der Waals surface area contributed by atoms with Crippen LogP contribution in [0.15, 0.2) is 85.0 Å². The first-order chi connectivity index (χ1) is 28.9. The van der Waals surface area contributed by atoms with E-state index in [2.05, 4.69) is 88.4 Å². The van der Waals surface area contributed by atoms with Crippen molar-refractivity contribution >= 4 is 0 Å². The van der Waals surface area contributed by atoms with Gasteiger partial charge in [0.05, 0.1) is 11.2 Å². The summed E-state index contributed by atoms with van der Waals surface area (Å²) < 4.78 is 7.81. The maximum absolute atomic E-state index is 7.81. The summed E-state index contributed by atoms with van der Waals surface area (Å²) in [5.74, 6) is 0. The highest BCUT2D eigenvalue weighted by Gasteiger charge is 2.43. The van der Waals surface area contributed by atoms with Gasteiger partial charge in [-0.1, -0.05) is 293 Å². The third kappa shape index (κ3) is 25.4. The predicted molar refractivity (Wildman–Crippen MR) is 265 cm³/mol. The zero-order valence-electron chi connectivity index (χ0n) is 40.1. The van der Waals surface area contributed by atoms with Gasteiger partial charge in [0.15, 0.2) is 0 Å². The minimum atomic E-state index is -0.430. The van der Waals surface area contributed by atoms with Crippen LogP contribution in [0.5, 0.6) is 0 Å². The van der Waals surface area contributed by atoms with Crippen molar-refractivity contribution in [3.05, 3.63) is 96.1 Å². The summed E-state index contributed by atoms with van der Waals surface area (Å²) in [5, 5.41) is 0. The molecule has 0 N–H and O–H groups in total. The summed E-state index contributed by atoms with van der Waals surface area (Å²) in [5.41, 5.74) is 4.13. The Bertz CT molecular complexity index is 1150. The molecule has 0 radical (unpaired) electrons. The van der Waals surface area contributed by atoms with E-state index >= 15 is 0 Å². The lowest BCUT2D eigenvalue weighted by Crippen LogP contribution is -2.49. The van der Waals surface area contributed by atoms with Crippen LogP contribution in [0.3, 0.4) is 0 Å². The molecule has 0 aliphatic heterocycles. The Morgan fingerprint density at radius 2 is 0.576 bits per heavy atom. The van der Waals surface area contributed by atoms with E-state index in [0.717, 1.165) is 36.8 Å². The Kier molecular flexibility index (Phi) is 31.9. The number of hydrogen-bond acceptors (Lipinski definition) is 1. The molecule has 0 bridgehead atoms. The molecule has 1 heteroatoms. The van der Waals surface area contributed by atoms with Gasteiger partial charge in [0.25, 0.3) is 0 Å². The summed E-state index contributed by atoms with van der Waals surface area (Å²) in [6.07, 6.45) is 48.2. The van der Waals surface area contributed by atoms with Gasteiger partial charge in [-0.05, 0) is 49.0 Å². The lowest BCUT2D eigenvalue weighted by Gasteiger charge is -2.46. The fourth-order valence-corrected chi connectivity index (χ4v) is 9.40. The molecule has 2 aromatic carbocycles. The fourth-order valence-electron chi connectivity index (χ4n) is 9.40. The molecule has 0 aromatic heterocycles. The summed E-state index contributed by atoms with van der Waals surface area (Å²) in [4.78, 5) is 0. The highest BCUT2D eigenvalue weighted by atomic mass is 16.5. The molecular weight excluding hydrogens is 713 g/mol. The van der Waals surface area contributed by atoms with Gasteiger partial charge in [-0.15, -0.1) is 0 Å². The van der Waals surface area contributed by atoms with Crippen LogP contribution in [0.4, 0.5) is 0 Å². The van der Waals surface area contributed by atoms with E-state index in [9.17, 15) is 0 Å². The molecule has 0 fully saturated rings. The summed E-state index contributed by atoms with van der Waals surface area (Å²) >= 11 is 0. The fraction of sp³-hybridized carbons (Fsp3) is 0.724. The van der Waals surface area contributed by atoms with E-state index in [1.807, 2.05) is 0 Å². The molecule has 0 aliphatic rings. The van der Waals surface area contributed by atoms with Crippen molar-refractivity contribution in [3.63, 3.8) is 0 Å². The second-order valence-corrected chi connectivity index (χ2v) is 19.1. The van der Waals surface area contributed by atoms with E-state index in [0.29, 0.717) is 0 Å². The van der Waals surface area contributed by atoms with Crippen LogP contribution in [-0.2, 0) is 17.6 Å². The highest BCUT2D eigenvalue weighted by Crippen LogP contribution is 2.42. The average molecular weight is 811 g/mol. The Hall–Kier alpha value is -2.12. The molecule has 2 atom stereocenters. The first kappa shape index (κ1) is 53.0. The third-order valence-corrected chi connectivity index (χ3v) is 13.5. The third-order valence-electron chi connectivity index (χ3n) is 13.5. The highest BCUT2D eigenvalue weighted by molar-refractivity contribution is 5.27. The van der Waals surface area contributed by atoms with Crippen LogP contribution >= 0.6 is 0 Å². The molecule has 0 amide bonds. The van der Waals surface area contributed by atoms with Crippen LogP contribution in [-0.4, -0.2) is 11.2 Å². The van der Waals surface area contributed by atoms with Crippen molar-refractivity contribution in [2.75, 3.05) is 0 Å². The molecule has 2 aromatic rings. The van der Waals surface area contributed by atoms with Gasteiger partial charge in [0, 0.05) is 12.8 Å². The van der Waals surface area contributed by atoms with Crippen molar-refractivity contribution in [1.82, 2.24) is 0 Å². The zero-order chi connectivity index (χ0) is 42.5. The van der Waals surface area contributed by atoms with Crippen LogP contribution in [0.25, 0.3) is 0 Å². The van der Waals surface area contributed by atoms with Crippen LogP contribution in [0.2, 0.25) is 0 Å². The predicted octanol–water partition coefficient (Wildman–Crippen LogP) is 19.4. The molecule has 0 spiro atoms. The van der Waals surface area contributed by atoms with Crippen molar-refractivity contribution in [2.45, 2.75) is 270 Å². The van der Waals surface area contributed by atoms with Crippen LogP contribution in [0, 0.1) is 0 Å². The van der Waals surface area contributed by atoms with E-state index in [-0.39, 0.29) is 0 Å². The molecule has 59 heavy (non-hydrogen) atoms. The van der Waals surface area contributed by atoms with Gasteiger partial charge in [0.2, 0.25) is 0 Å². The minimum absolute atomic E-state index is 0.430. The Morgan fingerprint density at radius 1 is 0.356 bits per heavy atom. The summed E-state index contributed by atoms with van der Waals surface area (Å²) in [6.45, 7) is 18.5. The van der Waals surface area contributed by atoms with Crippen molar-refractivity contribution in [1.29, 1.82) is 0 Å². The number of rotatable bonds is 42. The minimum Gasteiger partial charge on any atom is -0.359 e. The number of hydrogen-bond donors (Lipinski definition) is 0. The number of unbranched alkanes of at least 4 members (excludes halogenated alkanes) is 30. The SMILES string of the molecule is C=C(C)C(CCCCCCCCCCCCCCCCCC)(Cc1ccccc1)OC(CCCCCCCCCCCCCCCCCC)(Cc1ccccc1)C(=C)C. The molecule has 2 rings (SSSR count). The topological polar surface area (TPSA) is 9.23 Å². The van der Waals surface area contributed by atoms with Crippen molar-refractivity contribution in [3.8, 4) is 0 Å². The maximum Gasteiger partial charge on any atom is 0.0938 e. The van der Waals surface area contributed by atoms with Gasteiger partial charge in [0.1, 0.15) is 0 Å². The molecule has 336 valence electrons. The van der Waals surface area contributed by atoms with Crippen LogP contribution < -0.4 is 0 Å². The number of benzene rings is 2. The van der Waals surface area contributed by atoms with Crippen molar-refractivity contribution in [2.24, 2.45) is 0 Å². The van der Waals surface area contributed by atoms with Gasteiger partial charge >= 0.3 is 0 Å². The largest absolute Gasteiger partial charge is 0.359 e. The van der Waals surface area contributed by atoms with E-state index < -0.39 is 11.2 Å². The lowest BCUT2D eigenvalue weighted by molar-refractivity contribution is -0.128. The van der Waals surface area contributed by atoms with Gasteiger partial charge in [-0.25, -0.2) is 0 Å². The normalized spacial score (nSPS) is 13.6. The molecule has 0 aliphatic carbocycles. The Balaban J connectivity index is 1.93. The first-order valence-corrected chi connectivity index (χ1v) is 26.0. The molecule has 1 nitrogen and oxygen atoms in total. The zero-order valence-corrected chi connectivity index (χ0v) is 40.1. The van der Waals surface area contributed by atoms with Gasteiger partial charge in [-0.2, -0.15) is 0 Å². The second-order valence-electron chi connectivity index (χ2n) is 19.1. The first-order valence-electron chi connectivity index (χ1n) is 26.0. The van der Waals surface area contributed by atoms with E-state index in [4.69, 9.17) is 17.9 Å². The quantitative estimate of drug-likeness (QED) is 0.0479. The smallest absolute Gasteiger partial charge is 0.0938 e. The Morgan fingerprint density at radius 3 is 0.797 bits per heavy atom. The standard InChI is InChI=1S/C58H98O/c1-7-9-11-13-15-17-19-21-23-25-27-29-31-33-35-43-49-57(53(3)4,51-55-45-39-37-40-46-55)59-58(54(5)6,52-56-47-41-38-42-48-56)50-44-36-34-32-30-28-26-24-22-20-18-16-14-12-10-8-2/h37-42,45-48H,3,5,7-36,43-44,49-52H2,1-2,4,6H3. The summed E-state index contributed by atoms with van der Waals surface area (Å²) in [7, 11) is 0. The molecule has 0 heterocycles. The number of ether oxygens (including phenoxy) is 1. The monoisotopic (exact) mass is 811 g/mol. The van der Waals surface area contributed by atoms with Gasteiger partial charge < -0.3 is 4.74 Å². The molecule has 0 saturated carbocycles. The Labute approximate surface area is 369 Å². The van der Waals surface area contributed by atoms with Gasteiger partial charge in [-0.3, -0.25) is 0 Å². The maximum atomic E-state index is 7.81.